The summed E-state index contributed by atoms with van der Waals surface area (Å²) in [6.45, 7) is 3.61. The quantitative estimate of drug-likeness (QED) is 0.124. The number of urea groups is 1. The van der Waals surface area contributed by atoms with Crippen LogP contribution in [0.5, 0.6) is 23.0 Å². The Morgan fingerprint density at radius 2 is 1.92 bits per heavy atom. The van der Waals surface area contributed by atoms with Gasteiger partial charge in [0.1, 0.15) is 6.61 Å². The molecule has 0 fully saturated rings. The van der Waals surface area contributed by atoms with Gasteiger partial charge in [-0.3, -0.25) is 5.43 Å². The van der Waals surface area contributed by atoms with E-state index in [0.29, 0.717) is 46.4 Å². The van der Waals surface area contributed by atoms with E-state index in [9.17, 15) is 14.7 Å². The molecule has 1 aliphatic heterocycles. The molecule has 2 amide bonds. The molecule has 0 aromatic heterocycles. The third-order valence-electron chi connectivity index (χ3n) is 5.57. The van der Waals surface area contributed by atoms with Crippen LogP contribution in [0.25, 0.3) is 0 Å². The molecule has 2 aromatic carbocycles. The smallest absolute Gasteiger partial charge is 0.337 e. The number of esters is 1. The maximum atomic E-state index is 12.4. The summed E-state index contributed by atoms with van der Waals surface area (Å²) in [6, 6.07) is 7.34. The predicted molar refractivity (Wildman–Crippen MR) is 146 cm³/mol. The van der Waals surface area contributed by atoms with E-state index in [1.54, 1.807) is 37.3 Å². The Morgan fingerprint density at radius 1 is 1.15 bits per heavy atom. The molecule has 0 saturated carbocycles. The molecular weight excluding hydrogens is 576 g/mol. The molecule has 0 aliphatic carbocycles. The van der Waals surface area contributed by atoms with Gasteiger partial charge in [0, 0.05) is 15.7 Å². The highest BCUT2D eigenvalue weighted by molar-refractivity contribution is 9.10. The first-order valence-corrected chi connectivity index (χ1v) is 12.7. The van der Waals surface area contributed by atoms with Crippen molar-refractivity contribution in [2.75, 3.05) is 34.5 Å². The highest BCUT2D eigenvalue weighted by Crippen LogP contribution is 2.35. The van der Waals surface area contributed by atoms with Crippen LogP contribution in [0.15, 0.2) is 51.2 Å². The number of nitrogens with one attached hydrogen (secondary N) is 3. The zero-order valence-electron chi connectivity index (χ0n) is 22.2. The van der Waals surface area contributed by atoms with E-state index in [-0.39, 0.29) is 12.2 Å². The summed E-state index contributed by atoms with van der Waals surface area (Å²) >= 11 is 3.41. The first kappa shape index (κ1) is 29.6. The lowest BCUT2D eigenvalue weighted by atomic mass is 9.95. The van der Waals surface area contributed by atoms with Crippen LogP contribution in [0.2, 0.25) is 0 Å². The first-order chi connectivity index (χ1) is 18.7. The maximum absolute atomic E-state index is 12.4. The average molecular weight is 607 g/mol. The maximum Gasteiger partial charge on any atom is 0.337 e. The molecule has 4 N–H and O–H groups in total. The van der Waals surface area contributed by atoms with Crippen molar-refractivity contribution in [1.29, 1.82) is 0 Å². The average Bonchev–Trinajstić information content (AvgIpc) is 2.91. The molecule has 1 aliphatic rings. The molecule has 210 valence electrons. The van der Waals surface area contributed by atoms with E-state index in [1.807, 2.05) is 6.92 Å². The Bertz CT molecular complexity index is 1270. The Hall–Kier alpha value is -3.97. The number of halogens is 1. The van der Waals surface area contributed by atoms with Gasteiger partial charge in [-0.15, -0.1) is 0 Å². The number of aliphatic hydroxyl groups is 1. The number of nitrogens with zero attached hydrogens (tertiary/aromatic N) is 1. The van der Waals surface area contributed by atoms with E-state index >= 15 is 0 Å². The molecule has 0 spiro atoms. The van der Waals surface area contributed by atoms with E-state index in [0.717, 1.165) is 4.47 Å². The second kappa shape index (κ2) is 13.7. The summed E-state index contributed by atoms with van der Waals surface area (Å²) in [6.07, 6.45) is 0.327. The van der Waals surface area contributed by atoms with Crippen LogP contribution in [0.3, 0.4) is 0 Å². The van der Waals surface area contributed by atoms with Gasteiger partial charge in [0.25, 0.3) is 0 Å². The SMILES string of the molecule is CCOc1cc([C@@H]2NC(=O)NC(C)=C2C(=O)OC)ccc1OC[C@@H](O)N/N=C/c1cc(Br)cc(OC)c1OC. The van der Waals surface area contributed by atoms with Crippen molar-refractivity contribution in [3.8, 4) is 23.0 Å². The summed E-state index contributed by atoms with van der Waals surface area (Å²) in [5.41, 5.74) is 4.46. The van der Waals surface area contributed by atoms with Crippen molar-refractivity contribution in [3.63, 3.8) is 0 Å². The molecular formula is C26H31BrN4O8. The normalized spacial score (nSPS) is 15.8. The van der Waals surface area contributed by atoms with Crippen LogP contribution in [-0.2, 0) is 9.53 Å². The largest absolute Gasteiger partial charge is 0.493 e. The number of aliphatic hydroxyl groups excluding tert-OH is 1. The molecule has 2 atom stereocenters. The van der Waals surface area contributed by atoms with E-state index < -0.39 is 24.3 Å². The van der Waals surface area contributed by atoms with E-state index in [2.05, 4.69) is 37.1 Å². The minimum absolute atomic E-state index is 0.161. The number of carbonyl (C=O) groups is 2. The molecule has 2 aromatic rings. The molecule has 13 heteroatoms. The van der Waals surface area contributed by atoms with Gasteiger partial charge >= 0.3 is 12.0 Å². The number of allylic oxidation sites excluding steroid dienone is 1. The topological polar surface area (TPSA) is 149 Å². The van der Waals surface area contributed by atoms with E-state index in [1.165, 1.54) is 27.5 Å². The Balaban J connectivity index is 1.72. The van der Waals surface area contributed by atoms with Gasteiger partial charge in [-0.05, 0) is 43.7 Å². The molecule has 39 heavy (non-hydrogen) atoms. The number of rotatable bonds is 12. The van der Waals surface area contributed by atoms with Crippen molar-refractivity contribution in [3.05, 3.63) is 57.2 Å². The number of hydrazone groups is 1. The fraction of sp³-hybridized carbons (Fsp3) is 0.346. The zero-order chi connectivity index (χ0) is 28.5. The molecule has 1 heterocycles. The summed E-state index contributed by atoms with van der Waals surface area (Å²) in [4.78, 5) is 24.5. The van der Waals surface area contributed by atoms with Crippen molar-refractivity contribution < 1.29 is 38.4 Å². The number of amides is 2. The fourth-order valence-electron chi connectivity index (χ4n) is 3.87. The number of methoxy groups -OCH3 is 3. The lowest BCUT2D eigenvalue weighted by Crippen LogP contribution is -2.45. The molecule has 0 saturated heterocycles. The van der Waals surface area contributed by atoms with Crippen LogP contribution in [0.4, 0.5) is 4.79 Å². The number of hydrogen-bond acceptors (Lipinski definition) is 10. The molecule has 12 nitrogen and oxygen atoms in total. The second-order valence-electron chi connectivity index (χ2n) is 8.15. The minimum Gasteiger partial charge on any atom is -0.493 e. The predicted octanol–water partition coefficient (Wildman–Crippen LogP) is 2.99. The van der Waals surface area contributed by atoms with Crippen molar-refractivity contribution in [2.24, 2.45) is 5.10 Å². The van der Waals surface area contributed by atoms with Crippen LogP contribution < -0.4 is 35.0 Å². The van der Waals surface area contributed by atoms with Gasteiger partial charge < -0.3 is 39.4 Å². The van der Waals surface area contributed by atoms with Gasteiger partial charge in [0.15, 0.2) is 29.2 Å². The third kappa shape index (κ3) is 7.33. The molecule has 3 rings (SSSR count). The second-order valence-corrected chi connectivity index (χ2v) is 9.06. The van der Waals surface area contributed by atoms with Crippen LogP contribution in [-0.4, -0.2) is 64.1 Å². The Morgan fingerprint density at radius 3 is 2.59 bits per heavy atom. The van der Waals surface area contributed by atoms with Crippen molar-refractivity contribution in [1.82, 2.24) is 16.1 Å². The van der Waals surface area contributed by atoms with Gasteiger partial charge in [-0.2, -0.15) is 5.10 Å². The first-order valence-electron chi connectivity index (χ1n) is 11.9. The van der Waals surface area contributed by atoms with Crippen molar-refractivity contribution in [2.45, 2.75) is 26.1 Å². The third-order valence-corrected chi connectivity index (χ3v) is 6.03. The zero-order valence-corrected chi connectivity index (χ0v) is 23.7. The van der Waals surface area contributed by atoms with Crippen LogP contribution >= 0.6 is 15.9 Å². The lowest BCUT2D eigenvalue weighted by molar-refractivity contribution is -0.136. The Labute approximate surface area is 234 Å². The molecule has 0 bridgehead atoms. The number of benzene rings is 2. The molecule has 0 radical (unpaired) electrons. The van der Waals surface area contributed by atoms with Gasteiger partial charge in [0.2, 0.25) is 0 Å². The highest BCUT2D eigenvalue weighted by atomic mass is 79.9. The van der Waals surface area contributed by atoms with Gasteiger partial charge in [0.05, 0.1) is 45.8 Å². The Kier molecular flexibility index (Phi) is 10.4. The monoisotopic (exact) mass is 606 g/mol. The summed E-state index contributed by atoms with van der Waals surface area (Å²) in [5, 5.41) is 19.7. The fourth-order valence-corrected chi connectivity index (χ4v) is 4.32. The molecule has 0 unspecified atom stereocenters. The number of ether oxygens (including phenoxy) is 5. The summed E-state index contributed by atoms with van der Waals surface area (Å²) in [7, 11) is 4.33. The standard InChI is InChI=1S/C26H31BrN4O8/c1-6-38-19-10-15(23-22(25(33)37-5)14(2)29-26(34)30-23)7-8-18(19)39-13-21(32)31-28-12-16-9-17(27)11-20(35-3)24(16)36-4/h7-12,21,23,31-32H,6,13H2,1-5H3,(H2,29,30,34)/b28-12+/t21-,23+/m1/s1. The summed E-state index contributed by atoms with van der Waals surface area (Å²) in [5.74, 6) is 1.16. The lowest BCUT2D eigenvalue weighted by Gasteiger charge is -2.28. The van der Waals surface area contributed by atoms with Crippen LogP contribution in [0.1, 0.15) is 31.0 Å². The van der Waals surface area contributed by atoms with E-state index in [4.69, 9.17) is 23.7 Å². The van der Waals surface area contributed by atoms with Crippen molar-refractivity contribution >= 4 is 34.1 Å². The highest BCUT2D eigenvalue weighted by Gasteiger charge is 2.32. The summed E-state index contributed by atoms with van der Waals surface area (Å²) < 4.78 is 27.9. The van der Waals surface area contributed by atoms with Gasteiger partial charge in [-0.25, -0.2) is 9.59 Å². The van der Waals surface area contributed by atoms with Gasteiger partial charge in [-0.1, -0.05) is 22.0 Å². The van der Waals surface area contributed by atoms with Crippen LogP contribution in [0, 0.1) is 0 Å². The number of carbonyl (C=O) groups excluding carboxylic acids is 2. The minimum atomic E-state index is -1.16. The number of hydrogen-bond donors (Lipinski definition) is 4.